The number of thioether (sulfide) groups is 1. The van der Waals surface area contributed by atoms with Crippen molar-refractivity contribution in [2.45, 2.75) is 42.3 Å². The molecular weight excluding hydrogens is 353 g/mol. The van der Waals surface area contributed by atoms with Crippen LogP contribution in [0.25, 0.3) is 5.57 Å². The minimum absolute atomic E-state index is 0.175. The van der Waals surface area contributed by atoms with Crippen molar-refractivity contribution >= 4 is 46.8 Å². The van der Waals surface area contributed by atoms with Crippen molar-refractivity contribution in [1.29, 1.82) is 0 Å². The third kappa shape index (κ3) is 3.71. The zero-order valence-electron chi connectivity index (χ0n) is 12.8. The van der Waals surface area contributed by atoms with Crippen LogP contribution in [0.1, 0.15) is 31.2 Å². The molecule has 0 spiro atoms. The molecule has 0 aliphatic carbocycles. The lowest BCUT2D eigenvalue weighted by Gasteiger charge is -2.27. The lowest BCUT2D eigenvalue weighted by Crippen LogP contribution is -2.21. The van der Waals surface area contributed by atoms with E-state index in [1.165, 1.54) is 11.1 Å². The van der Waals surface area contributed by atoms with Gasteiger partial charge in [0, 0.05) is 11.5 Å². The molecule has 124 valence electrons. The van der Waals surface area contributed by atoms with Crippen LogP contribution in [-0.4, -0.2) is 35.0 Å². The summed E-state index contributed by atoms with van der Waals surface area (Å²) in [5, 5.41) is 16.0. The van der Waals surface area contributed by atoms with Crippen molar-refractivity contribution in [2.24, 2.45) is 5.16 Å². The highest BCUT2D eigenvalue weighted by atomic mass is 35.5. The van der Waals surface area contributed by atoms with E-state index in [4.69, 9.17) is 28.0 Å². The number of halogens is 2. The van der Waals surface area contributed by atoms with Crippen LogP contribution in [-0.2, 0) is 4.84 Å². The van der Waals surface area contributed by atoms with E-state index in [1.54, 1.807) is 13.3 Å². The lowest BCUT2D eigenvalue weighted by atomic mass is 9.92. The van der Waals surface area contributed by atoms with Gasteiger partial charge in [-0.1, -0.05) is 40.0 Å². The SMILES string of the molecule is CON=CCCC1=C(c2ccc(Cl)c(Cl)c2)CC2CC(O)C1S2. The minimum Gasteiger partial charge on any atom is -0.399 e. The smallest absolute Gasteiger partial charge is 0.106 e. The second-order valence-corrected chi connectivity index (χ2v) is 8.09. The van der Waals surface area contributed by atoms with E-state index in [0.717, 1.165) is 31.2 Å². The fourth-order valence-electron chi connectivity index (χ4n) is 3.35. The van der Waals surface area contributed by atoms with Crippen molar-refractivity contribution in [1.82, 2.24) is 0 Å². The van der Waals surface area contributed by atoms with Crippen LogP contribution in [0.2, 0.25) is 10.0 Å². The Hall–Kier alpha value is -0.680. The van der Waals surface area contributed by atoms with Crippen molar-refractivity contribution in [3.05, 3.63) is 39.4 Å². The molecule has 2 heterocycles. The van der Waals surface area contributed by atoms with Crippen molar-refractivity contribution in [3.8, 4) is 0 Å². The van der Waals surface area contributed by atoms with Crippen LogP contribution in [0.3, 0.4) is 0 Å². The summed E-state index contributed by atoms with van der Waals surface area (Å²) in [5.41, 5.74) is 3.72. The number of oxime groups is 1. The van der Waals surface area contributed by atoms with E-state index in [1.807, 2.05) is 30.0 Å². The maximum Gasteiger partial charge on any atom is 0.106 e. The average Bonchev–Trinajstić information content (AvgIpc) is 2.84. The second-order valence-electron chi connectivity index (χ2n) is 5.83. The van der Waals surface area contributed by atoms with Gasteiger partial charge in [-0.15, -0.1) is 11.8 Å². The number of hydrogen-bond donors (Lipinski definition) is 1. The maximum absolute atomic E-state index is 10.4. The Balaban J connectivity index is 1.94. The number of aliphatic hydroxyl groups excluding tert-OH is 1. The summed E-state index contributed by atoms with van der Waals surface area (Å²) >= 11 is 14.1. The molecule has 2 aliphatic heterocycles. The number of hydrogen-bond acceptors (Lipinski definition) is 4. The zero-order valence-corrected chi connectivity index (χ0v) is 15.2. The first-order chi connectivity index (χ1) is 11.1. The summed E-state index contributed by atoms with van der Waals surface area (Å²) in [6.45, 7) is 0. The molecule has 1 N–H and O–H groups in total. The highest BCUT2D eigenvalue weighted by Crippen LogP contribution is 2.50. The molecule has 0 aromatic heterocycles. The number of fused-ring (bicyclic) bond motifs is 2. The molecule has 6 heteroatoms. The van der Waals surface area contributed by atoms with Crippen LogP contribution in [0.5, 0.6) is 0 Å². The minimum atomic E-state index is -0.264. The van der Waals surface area contributed by atoms with Crippen LogP contribution < -0.4 is 0 Å². The molecule has 3 unspecified atom stereocenters. The molecule has 23 heavy (non-hydrogen) atoms. The summed E-state index contributed by atoms with van der Waals surface area (Å²) in [5.74, 6) is 0. The van der Waals surface area contributed by atoms with Crippen LogP contribution in [0.15, 0.2) is 28.9 Å². The van der Waals surface area contributed by atoms with Crippen LogP contribution in [0, 0.1) is 0 Å². The average molecular weight is 372 g/mol. The van der Waals surface area contributed by atoms with Crippen molar-refractivity contribution in [3.63, 3.8) is 0 Å². The van der Waals surface area contributed by atoms with E-state index >= 15 is 0 Å². The van der Waals surface area contributed by atoms with Gasteiger partial charge in [-0.25, -0.2) is 0 Å². The van der Waals surface area contributed by atoms with Crippen LogP contribution >= 0.6 is 35.0 Å². The van der Waals surface area contributed by atoms with E-state index < -0.39 is 0 Å². The van der Waals surface area contributed by atoms with Gasteiger partial charge in [0.1, 0.15) is 7.11 Å². The summed E-state index contributed by atoms with van der Waals surface area (Å²) in [4.78, 5) is 4.72. The molecule has 0 radical (unpaired) electrons. The molecule has 1 saturated heterocycles. The molecule has 0 saturated carbocycles. The monoisotopic (exact) mass is 371 g/mol. The van der Waals surface area contributed by atoms with Gasteiger partial charge in [0.2, 0.25) is 0 Å². The largest absolute Gasteiger partial charge is 0.399 e. The highest BCUT2D eigenvalue weighted by molar-refractivity contribution is 8.01. The van der Waals surface area contributed by atoms with Gasteiger partial charge in [0.15, 0.2) is 0 Å². The van der Waals surface area contributed by atoms with E-state index in [-0.39, 0.29) is 11.4 Å². The highest BCUT2D eigenvalue weighted by Gasteiger charge is 2.41. The third-order valence-corrected chi connectivity index (χ3v) is 6.72. The summed E-state index contributed by atoms with van der Waals surface area (Å²) < 4.78 is 0. The first-order valence-corrected chi connectivity index (χ1v) is 9.36. The number of benzene rings is 1. The Kier molecular flexibility index (Phi) is 5.57. The number of nitrogens with zero attached hydrogens (tertiary/aromatic N) is 1. The summed E-state index contributed by atoms with van der Waals surface area (Å²) in [6.07, 6.45) is 4.99. The Morgan fingerprint density at radius 2 is 2.22 bits per heavy atom. The van der Waals surface area contributed by atoms with E-state index in [9.17, 15) is 5.11 Å². The normalized spacial score (nSPS) is 27.0. The molecule has 3 atom stereocenters. The van der Waals surface area contributed by atoms with Gasteiger partial charge in [-0.2, -0.15) is 0 Å². The molecule has 2 bridgehead atoms. The fourth-order valence-corrected chi connectivity index (χ4v) is 5.35. The quantitative estimate of drug-likeness (QED) is 0.596. The van der Waals surface area contributed by atoms with Crippen molar-refractivity contribution in [2.75, 3.05) is 7.11 Å². The first-order valence-electron chi connectivity index (χ1n) is 7.66. The first kappa shape index (κ1) is 17.2. The predicted molar refractivity (Wildman–Crippen MR) is 98.5 cm³/mol. The van der Waals surface area contributed by atoms with Gasteiger partial charge >= 0.3 is 0 Å². The molecule has 2 aliphatic rings. The van der Waals surface area contributed by atoms with Crippen LogP contribution in [0.4, 0.5) is 0 Å². The third-order valence-electron chi connectivity index (χ3n) is 4.35. The van der Waals surface area contributed by atoms with Gasteiger partial charge in [-0.05, 0) is 49.0 Å². The zero-order chi connectivity index (χ0) is 16.4. The standard InChI is InChI=1S/C17H19Cl2NO2S/c1-22-20-6-2-3-12-13(8-11-9-16(21)17(12)23-11)10-4-5-14(18)15(19)7-10/h4-7,11,16-17,21H,2-3,8-9H2,1H3. The maximum atomic E-state index is 10.4. The predicted octanol–water partition coefficient (Wildman–Crippen LogP) is 4.80. The van der Waals surface area contributed by atoms with Gasteiger partial charge in [0.25, 0.3) is 0 Å². The Labute approximate surface area is 150 Å². The summed E-state index contributed by atoms with van der Waals surface area (Å²) in [6, 6.07) is 5.80. The Morgan fingerprint density at radius 3 is 2.96 bits per heavy atom. The molecule has 1 fully saturated rings. The van der Waals surface area contributed by atoms with Crippen molar-refractivity contribution < 1.29 is 9.94 Å². The number of allylic oxidation sites excluding steroid dienone is 1. The van der Waals surface area contributed by atoms with Gasteiger partial charge in [-0.3, -0.25) is 0 Å². The van der Waals surface area contributed by atoms with Gasteiger partial charge in [0.05, 0.1) is 21.4 Å². The molecule has 3 nitrogen and oxygen atoms in total. The Bertz CT molecular complexity index is 647. The fraction of sp³-hybridized carbons (Fsp3) is 0.471. The topological polar surface area (TPSA) is 41.8 Å². The number of rotatable bonds is 5. The van der Waals surface area contributed by atoms with E-state index in [0.29, 0.717) is 15.3 Å². The molecule has 1 aromatic carbocycles. The second kappa shape index (κ2) is 7.47. The molecule has 1 aromatic rings. The molecule has 0 amide bonds. The van der Waals surface area contributed by atoms with Gasteiger partial charge < -0.3 is 9.94 Å². The number of aliphatic hydroxyl groups is 1. The molecule has 3 rings (SSSR count). The lowest BCUT2D eigenvalue weighted by molar-refractivity contribution is 0.180. The molecular formula is C17H19Cl2NO2S. The Morgan fingerprint density at radius 1 is 1.39 bits per heavy atom. The van der Waals surface area contributed by atoms with E-state index in [2.05, 4.69) is 5.16 Å². The summed E-state index contributed by atoms with van der Waals surface area (Å²) in [7, 11) is 1.54.